The lowest BCUT2D eigenvalue weighted by Crippen LogP contribution is -1.84. The van der Waals surface area contributed by atoms with Crippen molar-refractivity contribution in [2.45, 2.75) is 6.92 Å². The van der Waals surface area contributed by atoms with E-state index < -0.39 is 11.6 Å². The molecule has 3 aromatic rings. The van der Waals surface area contributed by atoms with Gasteiger partial charge in [-0.15, -0.1) is 0 Å². The zero-order valence-corrected chi connectivity index (χ0v) is 9.67. The molecule has 0 aliphatic carbocycles. The Morgan fingerprint density at radius 1 is 1.11 bits per heavy atom. The van der Waals surface area contributed by atoms with Crippen LogP contribution in [0.25, 0.3) is 22.4 Å². The molecule has 1 heterocycles. The van der Waals surface area contributed by atoms with Gasteiger partial charge in [-0.2, -0.15) is 0 Å². The number of rotatable bonds is 1. The molecule has 0 spiro atoms. The van der Waals surface area contributed by atoms with Gasteiger partial charge in [0.2, 0.25) is 0 Å². The first-order valence-corrected chi connectivity index (χ1v) is 5.56. The summed E-state index contributed by atoms with van der Waals surface area (Å²) in [7, 11) is 0. The number of halogens is 2. The second kappa shape index (κ2) is 3.91. The number of fused-ring (bicyclic) bond motifs is 1. The van der Waals surface area contributed by atoms with E-state index in [1.165, 1.54) is 6.07 Å². The predicted molar refractivity (Wildman–Crippen MR) is 66.2 cm³/mol. The second-order valence-corrected chi connectivity index (χ2v) is 4.21. The van der Waals surface area contributed by atoms with Crippen LogP contribution in [0.3, 0.4) is 0 Å². The molecule has 18 heavy (non-hydrogen) atoms. The van der Waals surface area contributed by atoms with E-state index in [1.54, 1.807) is 0 Å². The largest absolute Gasteiger partial charge is 0.338 e. The monoisotopic (exact) mass is 244 g/mol. The highest BCUT2D eigenvalue weighted by Gasteiger charge is 2.12. The van der Waals surface area contributed by atoms with Crippen LogP contribution < -0.4 is 0 Å². The fourth-order valence-electron chi connectivity index (χ4n) is 1.95. The van der Waals surface area contributed by atoms with Gasteiger partial charge in [-0.25, -0.2) is 13.8 Å². The molecule has 0 saturated carbocycles. The predicted octanol–water partition coefficient (Wildman–Crippen LogP) is 3.82. The van der Waals surface area contributed by atoms with E-state index in [-0.39, 0.29) is 5.52 Å². The molecule has 0 radical (unpaired) electrons. The molecule has 0 amide bonds. The summed E-state index contributed by atoms with van der Waals surface area (Å²) in [5, 5.41) is 0. The molecule has 0 saturated heterocycles. The van der Waals surface area contributed by atoms with Gasteiger partial charge in [0.15, 0.2) is 11.6 Å². The Balaban J connectivity index is 2.23. The third-order valence-electron chi connectivity index (χ3n) is 2.84. The van der Waals surface area contributed by atoms with Gasteiger partial charge in [-0.05, 0) is 25.1 Å². The van der Waals surface area contributed by atoms with Crippen LogP contribution in [0.5, 0.6) is 0 Å². The van der Waals surface area contributed by atoms with Crippen LogP contribution >= 0.6 is 0 Å². The van der Waals surface area contributed by atoms with Crippen molar-refractivity contribution in [3.63, 3.8) is 0 Å². The maximum absolute atomic E-state index is 13.5. The molecule has 0 fully saturated rings. The van der Waals surface area contributed by atoms with E-state index in [9.17, 15) is 8.78 Å². The number of nitrogens with zero attached hydrogens (tertiary/aromatic N) is 1. The van der Waals surface area contributed by atoms with Crippen LogP contribution in [0.2, 0.25) is 0 Å². The van der Waals surface area contributed by atoms with Gasteiger partial charge in [-0.3, -0.25) is 0 Å². The molecular formula is C14H10F2N2. The third-order valence-corrected chi connectivity index (χ3v) is 2.84. The molecule has 0 atom stereocenters. The average molecular weight is 244 g/mol. The summed E-state index contributed by atoms with van der Waals surface area (Å²) in [5.41, 5.74) is 2.46. The van der Waals surface area contributed by atoms with Crippen molar-refractivity contribution in [1.29, 1.82) is 0 Å². The van der Waals surface area contributed by atoms with Gasteiger partial charge in [0, 0.05) is 5.56 Å². The summed E-state index contributed by atoms with van der Waals surface area (Å²) < 4.78 is 26.6. The van der Waals surface area contributed by atoms with Crippen LogP contribution in [0.15, 0.2) is 36.4 Å². The first-order chi connectivity index (χ1) is 8.65. The molecule has 0 bridgehead atoms. The fraction of sp³-hybridized carbons (Fsp3) is 0.0714. The Morgan fingerprint density at radius 3 is 2.72 bits per heavy atom. The number of aromatic nitrogens is 2. The molecule has 0 unspecified atom stereocenters. The molecule has 2 aromatic carbocycles. The Morgan fingerprint density at radius 2 is 1.94 bits per heavy atom. The number of imidazole rings is 1. The van der Waals surface area contributed by atoms with Crippen LogP contribution in [0.1, 0.15) is 5.56 Å². The Hall–Kier alpha value is -2.23. The molecule has 90 valence electrons. The van der Waals surface area contributed by atoms with Gasteiger partial charge in [0.1, 0.15) is 11.3 Å². The highest BCUT2D eigenvalue weighted by Crippen LogP contribution is 2.24. The number of benzene rings is 2. The number of hydrogen-bond acceptors (Lipinski definition) is 1. The van der Waals surface area contributed by atoms with Crippen molar-refractivity contribution < 1.29 is 8.78 Å². The van der Waals surface area contributed by atoms with E-state index >= 15 is 0 Å². The van der Waals surface area contributed by atoms with Gasteiger partial charge in [0.25, 0.3) is 0 Å². The lowest BCUT2D eigenvalue weighted by Gasteiger charge is -1.97. The highest BCUT2D eigenvalue weighted by molar-refractivity contribution is 5.80. The first-order valence-electron chi connectivity index (χ1n) is 5.56. The zero-order valence-electron chi connectivity index (χ0n) is 9.67. The minimum absolute atomic E-state index is 0.0338. The Bertz CT molecular complexity index is 732. The van der Waals surface area contributed by atoms with Crippen LogP contribution in [0, 0.1) is 18.6 Å². The normalized spacial score (nSPS) is 11.1. The fourth-order valence-corrected chi connectivity index (χ4v) is 1.95. The molecule has 2 nitrogen and oxygen atoms in total. The lowest BCUT2D eigenvalue weighted by molar-refractivity contribution is 0.515. The van der Waals surface area contributed by atoms with E-state index in [0.29, 0.717) is 11.3 Å². The highest BCUT2D eigenvalue weighted by atomic mass is 19.2. The minimum atomic E-state index is -0.914. The number of aryl methyl sites for hydroxylation is 1. The van der Waals surface area contributed by atoms with Gasteiger partial charge >= 0.3 is 0 Å². The number of hydrogen-bond donors (Lipinski definition) is 1. The molecular weight excluding hydrogens is 234 g/mol. The van der Waals surface area contributed by atoms with Crippen molar-refractivity contribution in [1.82, 2.24) is 9.97 Å². The van der Waals surface area contributed by atoms with Gasteiger partial charge in [-0.1, -0.05) is 23.8 Å². The third kappa shape index (κ3) is 1.66. The van der Waals surface area contributed by atoms with Crippen molar-refractivity contribution in [2.75, 3.05) is 0 Å². The summed E-state index contributed by atoms with van der Waals surface area (Å²) in [6.07, 6.45) is 0. The number of aromatic amines is 1. The summed E-state index contributed by atoms with van der Waals surface area (Å²) in [4.78, 5) is 7.10. The van der Waals surface area contributed by atoms with Crippen molar-refractivity contribution in [2.24, 2.45) is 0 Å². The van der Waals surface area contributed by atoms with E-state index in [2.05, 4.69) is 9.97 Å². The molecule has 3 rings (SSSR count). The molecule has 0 aliphatic heterocycles. The van der Waals surface area contributed by atoms with E-state index in [4.69, 9.17) is 0 Å². The minimum Gasteiger partial charge on any atom is -0.338 e. The van der Waals surface area contributed by atoms with Gasteiger partial charge < -0.3 is 4.98 Å². The topological polar surface area (TPSA) is 28.7 Å². The van der Waals surface area contributed by atoms with Crippen LogP contribution in [-0.2, 0) is 0 Å². The summed E-state index contributed by atoms with van der Waals surface area (Å²) in [6.45, 7) is 1.96. The smallest absolute Gasteiger partial charge is 0.186 e. The van der Waals surface area contributed by atoms with Crippen molar-refractivity contribution in [3.8, 4) is 11.4 Å². The molecule has 4 heteroatoms. The van der Waals surface area contributed by atoms with Crippen LogP contribution in [-0.4, -0.2) is 9.97 Å². The standard InChI is InChI=1S/C14H10F2N2/c1-8-3-2-4-9(7-8)14-17-11-6-5-10(15)12(16)13(11)18-14/h2-7H,1H3,(H,17,18). The van der Waals surface area contributed by atoms with Gasteiger partial charge in [0.05, 0.1) is 5.52 Å². The SMILES string of the molecule is Cc1cccc(-c2nc3c(F)c(F)ccc3[nH]2)c1. The molecule has 0 aliphatic rings. The van der Waals surface area contributed by atoms with Crippen molar-refractivity contribution in [3.05, 3.63) is 53.6 Å². The average Bonchev–Trinajstić information content (AvgIpc) is 2.79. The van der Waals surface area contributed by atoms with Crippen LogP contribution in [0.4, 0.5) is 8.78 Å². The maximum Gasteiger partial charge on any atom is 0.186 e. The number of nitrogens with one attached hydrogen (secondary N) is 1. The Labute approximate surface area is 102 Å². The summed E-state index contributed by atoms with van der Waals surface area (Å²) in [6, 6.07) is 10.3. The molecule has 1 aromatic heterocycles. The lowest BCUT2D eigenvalue weighted by atomic mass is 10.1. The summed E-state index contributed by atoms with van der Waals surface area (Å²) >= 11 is 0. The maximum atomic E-state index is 13.5. The van der Waals surface area contributed by atoms with E-state index in [1.807, 2.05) is 31.2 Å². The molecule has 1 N–H and O–H groups in total. The van der Waals surface area contributed by atoms with Crippen molar-refractivity contribution >= 4 is 11.0 Å². The first kappa shape index (κ1) is 10.9. The number of H-pyrrole nitrogens is 1. The summed E-state index contributed by atoms with van der Waals surface area (Å²) in [5.74, 6) is -1.26. The zero-order chi connectivity index (χ0) is 12.7. The Kier molecular flexibility index (Phi) is 2.37. The van der Waals surface area contributed by atoms with E-state index in [0.717, 1.165) is 17.2 Å². The second-order valence-electron chi connectivity index (χ2n) is 4.21. The quantitative estimate of drug-likeness (QED) is 0.692.